The zero-order chi connectivity index (χ0) is 8.39. The van der Waals surface area contributed by atoms with Crippen molar-refractivity contribution < 1.29 is 0 Å². The molecule has 0 heterocycles. The average molecular weight is 182 g/mol. The number of halogens is 1. The predicted octanol–water partition coefficient (Wildman–Crippen LogP) is 2.88. The van der Waals surface area contributed by atoms with Gasteiger partial charge in [0.1, 0.15) is 0 Å². The Kier molecular flexibility index (Phi) is 2.33. The summed E-state index contributed by atoms with van der Waals surface area (Å²) in [5.41, 5.74) is 1.30. The van der Waals surface area contributed by atoms with E-state index in [4.69, 9.17) is 11.8 Å². The molecule has 0 unspecified atom stereocenters. The molecule has 0 aromatic heterocycles. The van der Waals surface area contributed by atoms with Gasteiger partial charge in [0.2, 0.25) is 0 Å². The van der Waals surface area contributed by atoms with Crippen molar-refractivity contribution >= 4 is 11.8 Å². The minimum absolute atomic E-state index is 0.355. The maximum Gasteiger partial charge on any atom is 0.0498 e. The maximum absolute atomic E-state index is 5.69. The van der Waals surface area contributed by atoms with E-state index in [9.17, 15) is 0 Å². The fraction of sp³-hybridized carbons (Fsp3) is 0.400. The van der Waals surface area contributed by atoms with E-state index in [1.807, 2.05) is 6.07 Å². The van der Waals surface area contributed by atoms with Crippen LogP contribution >= 0.6 is 11.8 Å². The van der Waals surface area contributed by atoms with E-state index in [1.165, 1.54) is 18.4 Å². The smallest absolute Gasteiger partial charge is 0.0498 e. The number of nitrogens with one attached hydrogen (secondary N) is 1. The summed E-state index contributed by atoms with van der Waals surface area (Å²) < 4.78 is 0. The largest absolute Gasteiger partial charge is 0.226 e. The lowest BCUT2D eigenvalue weighted by molar-refractivity contribution is 0.587. The molecule has 1 aliphatic carbocycles. The van der Waals surface area contributed by atoms with Crippen LogP contribution in [0.2, 0.25) is 0 Å². The van der Waals surface area contributed by atoms with Gasteiger partial charge in [0.15, 0.2) is 0 Å². The van der Waals surface area contributed by atoms with Crippen LogP contribution in [0, 0.1) is 5.92 Å². The van der Waals surface area contributed by atoms with Crippen LogP contribution in [0.5, 0.6) is 0 Å². The van der Waals surface area contributed by atoms with E-state index < -0.39 is 0 Å². The first kappa shape index (κ1) is 8.09. The molecule has 1 nitrogen and oxygen atoms in total. The highest BCUT2D eigenvalue weighted by atomic mass is 35.5. The Hall–Kier alpha value is -0.530. The van der Waals surface area contributed by atoms with E-state index in [0.29, 0.717) is 6.04 Å². The fourth-order valence-corrected chi connectivity index (χ4v) is 1.82. The lowest BCUT2D eigenvalue weighted by atomic mass is 10.0. The minimum Gasteiger partial charge on any atom is -0.226 e. The quantitative estimate of drug-likeness (QED) is 0.708. The highest BCUT2D eigenvalue weighted by Gasteiger charge is 2.31. The van der Waals surface area contributed by atoms with Gasteiger partial charge in [-0.2, -0.15) is 0 Å². The monoisotopic (exact) mass is 181 g/mol. The zero-order valence-corrected chi connectivity index (χ0v) is 7.59. The summed E-state index contributed by atoms with van der Waals surface area (Å²) in [4.78, 5) is 2.85. The number of rotatable bonds is 3. The molecule has 64 valence electrons. The van der Waals surface area contributed by atoms with Gasteiger partial charge in [0, 0.05) is 6.04 Å². The van der Waals surface area contributed by atoms with E-state index in [0.717, 1.165) is 5.92 Å². The SMILES string of the molecule is ClN[C@H](c1ccccc1)C1CC1. The van der Waals surface area contributed by atoms with Crippen LogP contribution in [0.3, 0.4) is 0 Å². The highest BCUT2D eigenvalue weighted by molar-refractivity contribution is 6.13. The van der Waals surface area contributed by atoms with Crippen molar-refractivity contribution in [1.82, 2.24) is 4.84 Å². The van der Waals surface area contributed by atoms with E-state index in [1.54, 1.807) is 0 Å². The van der Waals surface area contributed by atoms with Crippen molar-refractivity contribution in [2.45, 2.75) is 18.9 Å². The summed E-state index contributed by atoms with van der Waals surface area (Å²) in [7, 11) is 0. The standard InChI is InChI=1S/C10H12ClN/c11-12-10(9-6-7-9)8-4-2-1-3-5-8/h1-5,9-10,12H,6-7H2/t10-/m1/s1. The zero-order valence-electron chi connectivity index (χ0n) is 6.83. The molecule has 1 aromatic rings. The van der Waals surface area contributed by atoms with Gasteiger partial charge in [0.25, 0.3) is 0 Å². The topological polar surface area (TPSA) is 12.0 Å². The van der Waals surface area contributed by atoms with Gasteiger partial charge in [-0.25, -0.2) is 4.84 Å². The molecule has 1 N–H and O–H groups in total. The molecule has 0 amide bonds. The summed E-state index contributed by atoms with van der Waals surface area (Å²) in [6.45, 7) is 0. The molecule has 1 aromatic carbocycles. The molecular weight excluding hydrogens is 170 g/mol. The van der Waals surface area contributed by atoms with Gasteiger partial charge < -0.3 is 0 Å². The molecule has 0 radical (unpaired) electrons. The molecule has 2 heteroatoms. The molecule has 0 aliphatic heterocycles. The lowest BCUT2D eigenvalue weighted by Crippen LogP contribution is -2.12. The van der Waals surface area contributed by atoms with Crippen molar-refractivity contribution in [1.29, 1.82) is 0 Å². The van der Waals surface area contributed by atoms with Gasteiger partial charge in [-0.15, -0.1) is 0 Å². The van der Waals surface area contributed by atoms with Crippen molar-refractivity contribution in [3.05, 3.63) is 35.9 Å². The Labute approximate surface area is 77.9 Å². The Bertz CT molecular complexity index is 243. The minimum atomic E-state index is 0.355. The van der Waals surface area contributed by atoms with E-state index >= 15 is 0 Å². The second kappa shape index (κ2) is 3.46. The molecule has 1 saturated carbocycles. The Morgan fingerprint density at radius 1 is 1.25 bits per heavy atom. The fourth-order valence-electron chi connectivity index (χ4n) is 1.51. The Balaban J connectivity index is 2.15. The van der Waals surface area contributed by atoms with Crippen LogP contribution in [-0.4, -0.2) is 0 Å². The van der Waals surface area contributed by atoms with Gasteiger partial charge >= 0.3 is 0 Å². The Morgan fingerprint density at radius 3 is 2.42 bits per heavy atom. The third-order valence-electron chi connectivity index (χ3n) is 2.37. The summed E-state index contributed by atoms with van der Waals surface area (Å²) in [5.74, 6) is 0.755. The van der Waals surface area contributed by atoms with Crippen molar-refractivity contribution in [3.63, 3.8) is 0 Å². The number of benzene rings is 1. The van der Waals surface area contributed by atoms with Crippen LogP contribution in [0.15, 0.2) is 30.3 Å². The molecule has 1 aliphatic rings. The molecule has 0 spiro atoms. The molecular formula is C10H12ClN. The van der Waals surface area contributed by atoms with Crippen LogP contribution < -0.4 is 4.84 Å². The van der Waals surface area contributed by atoms with Crippen LogP contribution in [-0.2, 0) is 0 Å². The lowest BCUT2D eigenvalue weighted by Gasteiger charge is -2.13. The first-order valence-corrected chi connectivity index (χ1v) is 4.70. The summed E-state index contributed by atoms with van der Waals surface area (Å²) in [6.07, 6.45) is 2.61. The van der Waals surface area contributed by atoms with E-state index in [-0.39, 0.29) is 0 Å². The van der Waals surface area contributed by atoms with Gasteiger partial charge in [0.05, 0.1) is 0 Å². The molecule has 1 fully saturated rings. The average Bonchev–Trinajstić information content (AvgIpc) is 2.92. The molecule has 2 rings (SSSR count). The number of hydrogen-bond donors (Lipinski definition) is 1. The van der Waals surface area contributed by atoms with Gasteiger partial charge in [-0.05, 0) is 36.1 Å². The normalized spacial score (nSPS) is 19.1. The maximum atomic E-state index is 5.69. The van der Waals surface area contributed by atoms with Crippen molar-refractivity contribution in [3.8, 4) is 0 Å². The van der Waals surface area contributed by atoms with E-state index in [2.05, 4.69) is 29.1 Å². The van der Waals surface area contributed by atoms with Crippen molar-refractivity contribution in [2.75, 3.05) is 0 Å². The Morgan fingerprint density at radius 2 is 1.92 bits per heavy atom. The van der Waals surface area contributed by atoms with Crippen LogP contribution in [0.25, 0.3) is 0 Å². The van der Waals surface area contributed by atoms with Crippen LogP contribution in [0.1, 0.15) is 24.4 Å². The first-order valence-electron chi connectivity index (χ1n) is 4.33. The summed E-state index contributed by atoms with van der Waals surface area (Å²) >= 11 is 5.69. The van der Waals surface area contributed by atoms with Gasteiger partial charge in [-0.1, -0.05) is 30.3 Å². The highest BCUT2D eigenvalue weighted by Crippen LogP contribution is 2.41. The van der Waals surface area contributed by atoms with Crippen LogP contribution in [0.4, 0.5) is 0 Å². The summed E-state index contributed by atoms with van der Waals surface area (Å²) in [5, 5.41) is 0. The number of hydrogen-bond acceptors (Lipinski definition) is 1. The van der Waals surface area contributed by atoms with Gasteiger partial charge in [-0.3, -0.25) is 0 Å². The second-order valence-corrected chi connectivity index (χ2v) is 3.55. The third kappa shape index (κ3) is 1.62. The second-order valence-electron chi connectivity index (χ2n) is 3.33. The first-order chi connectivity index (χ1) is 5.92. The third-order valence-corrected chi connectivity index (χ3v) is 2.60. The van der Waals surface area contributed by atoms with Crippen molar-refractivity contribution in [2.24, 2.45) is 5.92 Å². The molecule has 0 saturated heterocycles. The molecule has 12 heavy (non-hydrogen) atoms. The summed E-state index contributed by atoms with van der Waals surface area (Å²) in [6, 6.07) is 10.7. The predicted molar refractivity (Wildman–Crippen MR) is 50.9 cm³/mol. The molecule has 1 atom stereocenters. The molecule has 0 bridgehead atoms.